The van der Waals surface area contributed by atoms with Gasteiger partial charge < -0.3 is 20.3 Å². The highest BCUT2D eigenvalue weighted by Gasteiger charge is 2.18. The van der Waals surface area contributed by atoms with Crippen molar-refractivity contribution in [3.8, 4) is 0 Å². The second kappa shape index (κ2) is 70.3. The molecule has 2 unspecified atom stereocenters. The van der Waals surface area contributed by atoms with Gasteiger partial charge in [0, 0.05) is 12.8 Å². The van der Waals surface area contributed by atoms with E-state index in [-0.39, 0.29) is 18.5 Å². The molecule has 0 saturated heterocycles. The molecule has 476 valence electrons. The Morgan fingerprint density at radius 1 is 0.346 bits per heavy atom. The molecule has 0 aliphatic carbocycles. The number of ether oxygens (including phenoxy) is 1. The second-order valence-electron chi connectivity index (χ2n) is 24.9. The van der Waals surface area contributed by atoms with Crippen LogP contribution >= 0.6 is 0 Å². The standard InChI is InChI=1S/C75H141NO5/c1-3-5-7-9-11-13-15-17-19-21-22-23-30-33-36-39-43-47-51-55-59-63-67-73(78)72(71-77)76-74(79)68-64-60-56-52-48-44-40-37-34-31-28-26-24-25-27-29-32-35-38-42-46-50-54-58-62-66-70-81-75(80)69-65-61-57-53-49-45-41-20-18-16-14-12-10-8-6-4-2/h14,16,20,24,26,41,63,67,72-73,77-78H,3-13,15,17-19,21-23,25,27-40,42-62,64-66,68-71H2,1-2H3,(H,76,79)/b16-14-,26-24-,41-20-,67-63+. The molecule has 81 heavy (non-hydrogen) atoms. The van der Waals surface area contributed by atoms with E-state index in [1.165, 1.54) is 315 Å². The fourth-order valence-electron chi connectivity index (χ4n) is 11.3. The van der Waals surface area contributed by atoms with Crippen molar-refractivity contribution in [2.45, 2.75) is 405 Å². The van der Waals surface area contributed by atoms with E-state index in [1.54, 1.807) is 6.08 Å². The first-order chi connectivity index (χ1) is 40.0. The van der Waals surface area contributed by atoms with E-state index in [0.717, 1.165) is 51.4 Å². The minimum atomic E-state index is -0.848. The Morgan fingerprint density at radius 2 is 0.617 bits per heavy atom. The minimum absolute atomic E-state index is 0.000721. The van der Waals surface area contributed by atoms with Crippen LogP contribution in [0.1, 0.15) is 393 Å². The molecule has 0 radical (unpaired) electrons. The maximum atomic E-state index is 12.5. The third-order valence-corrected chi connectivity index (χ3v) is 16.8. The molecule has 6 heteroatoms. The molecule has 3 N–H and O–H groups in total. The molecule has 0 aromatic carbocycles. The highest BCUT2D eigenvalue weighted by atomic mass is 16.5. The van der Waals surface area contributed by atoms with Crippen LogP contribution in [0.2, 0.25) is 0 Å². The third-order valence-electron chi connectivity index (χ3n) is 16.8. The first-order valence-electron chi connectivity index (χ1n) is 36.4. The molecule has 0 bridgehead atoms. The lowest BCUT2D eigenvalue weighted by Crippen LogP contribution is -2.45. The summed E-state index contributed by atoms with van der Waals surface area (Å²) >= 11 is 0. The summed E-state index contributed by atoms with van der Waals surface area (Å²) in [4.78, 5) is 24.6. The molecule has 1 amide bonds. The molecule has 0 aliphatic rings. The number of rotatable bonds is 68. The molecule has 0 aliphatic heterocycles. The summed E-state index contributed by atoms with van der Waals surface area (Å²) < 4.78 is 5.49. The first-order valence-corrected chi connectivity index (χ1v) is 36.4. The van der Waals surface area contributed by atoms with Crippen molar-refractivity contribution in [3.63, 3.8) is 0 Å². The second-order valence-corrected chi connectivity index (χ2v) is 24.9. The number of carbonyl (C=O) groups is 2. The van der Waals surface area contributed by atoms with Crippen LogP contribution in [0, 0.1) is 0 Å². The van der Waals surface area contributed by atoms with E-state index in [2.05, 4.69) is 55.6 Å². The predicted octanol–water partition coefficient (Wildman–Crippen LogP) is 23.6. The highest BCUT2D eigenvalue weighted by Crippen LogP contribution is 2.18. The Bertz CT molecular complexity index is 1360. The lowest BCUT2D eigenvalue weighted by Gasteiger charge is -2.20. The number of aliphatic hydroxyl groups excluding tert-OH is 2. The van der Waals surface area contributed by atoms with Gasteiger partial charge in [-0.15, -0.1) is 0 Å². The summed E-state index contributed by atoms with van der Waals surface area (Å²) in [5.41, 5.74) is 0. The fourth-order valence-corrected chi connectivity index (χ4v) is 11.3. The first kappa shape index (κ1) is 78.8. The zero-order valence-corrected chi connectivity index (χ0v) is 54.5. The van der Waals surface area contributed by atoms with Gasteiger partial charge in [-0.2, -0.15) is 0 Å². The Balaban J connectivity index is 3.42. The minimum Gasteiger partial charge on any atom is -0.466 e. The van der Waals surface area contributed by atoms with Crippen LogP contribution in [0.15, 0.2) is 48.6 Å². The van der Waals surface area contributed by atoms with Gasteiger partial charge >= 0.3 is 5.97 Å². The maximum Gasteiger partial charge on any atom is 0.305 e. The number of nitrogens with one attached hydrogen (secondary N) is 1. The lowest BCUT2D eigenvalue weighted by molar-refractivity contribution is -0.143. The largest absolute Gasteiger partial charge is 0.466 e. The molecule has 0 rings (SSSR count). The number of hydrogen-bond acceptors (Lipinski definition) is 5. The summed E-state index contributed by atoms with van der Waals surface area (Å²) in [5, 5.41) is 23.3. The molecule has 6 nitrogen and oxygen atoms in total. The van der Waals surface area contributed by atoms with Crippen LogP contribution in [0.4, 0.5) is 0 Å². The lowest BCUT2D eigenvalue weighted by atomic mass is 10.0. The summed E-state index contributed by atoms with van der Waals surface area (Å²) in [5.74, 6) is -0.0658. The van der Waals surface area contributed by atoms with E-state index in [9.17, 15) is 19.8 Å². The Hall–Kier alpha value is -2.18. The van der Waals surface area contributed by atoms with Gasteiger partial charge in [0.2, 0.25) is 5.91 Å². The number of hydrogen-bond donors (Lipinski definition) is 3. The quantitative estimate of drug-likeness (QED) is 0.0320. The van der Waals surface area contributed by atoms with E-state index in [1.807, 2.05) is 6.08 Å². The summed E-state index contributed by atoms with van der Waals surface area (Å²) in [6.07, 6.45) is 91.9. The number of aliphatic hydroxyl groups is 2. The molecule has 0 saturated carbocycles. The zero-order valence-electron chi connectivity index (χ0n) is 54.5. The van der Waals surface area contributed by atoms with Crippen molar-refractivity contribution in [3.05, 3.63) is 48.6 Å². The van der Waals surface area contributed by atoms with Crippen molar-refractivity contribution in [1.82, 2.24) is 5.32 Å². The van der Waals surface area contributed by atoms with Crippen LogP contribution in [0.5, 0.6) is 0 Å². The molecule has 2 atom stereocenters. The van der Waals surface area contributed by atoms with Crippen molar-refractivity contribution >= 4 is 11.9 Å². The Kier molecular flexibility index (Phi) is 68.4. The zero-order chi connectivity index (χ0) is 58.5. The molecule has 0 spiro atoms. The van der Waals surface area contributed by atoms with Gasteiger partial charge in [-0.1, -0.05) is 339 Å². The van der Waals surface area contributed by atoms with Crippen LogP contribution in [0.3, 0.4) is 0 Å². The molecule has 0 aromatic rings. The van der Waals surface area contributed by atoms with Crippen LogP contribution < -0.4 is 5.32 Å². The number of esters is 1. The molecular weight excluding hydrogens is 995 g/mol. The average Bonchev–Trinajstić information content (AvgIpc) is 3.47. The van der Waals surface area contributed by atoms with Gasteiger partial charge in [0.05, 0.1) is 25.4 Å². The van der Waals surface area contributed by atoms with Gasteiger partial charge in [-0.3, -0.25) is 9.59 Å². The van der Waals surface area contributed by atoms with E-state index >= 15 is 0 Å². The average molecular weight is 1140 g/mol. The van der Waals surface area contributed by atoms with E-state index in [0.29, 0.717) is 19.4 Å². The summed E-state index contributed by atoms with van der Waals surface area (Å²) in [6, 6.07) is -0.631. The van der Waals surface area contributed by atoms with Gasteiger partial charge in [0.1, 0.15) is 0 Å². The number of carbonyl (C=O) groups excluding carboxylic acids is 2. The fraction of sp³-hybridized carbons (Fsp3) is 0.867. The monoisotopic (exact) mass is 1140 g/mol. The van der Waals surface area contributed by atoms with E-state index < -0.39 is 12.1 Å². The molecule has 0 fully saturated rings. The van der Waals surface area contributed by atoms with Crippen molar-refractivity contribution < 1.29 is 24.5 Å². The van der Waals surface area contributed by atoms with Crippen LogP contribution in [-0.2, 0) is 14.3 Å². The van der Waals surface area contributed by atoms with Crippen molar-refractivity contribution in [2.75, 3.05) is 13.2 Å². The van der Waals surface area contributed by atoms with E-state index in [4.69, 9.17) is 4.74 Å². The van der Waals surface area contributed by atoms with Gasteiger partial charge in [-0.05, 0) is 89.9 Å². The third kappa shape index (κ3) is 66.8. The molecular formula is C75H141NO5. The summed E-state index contributed by atoms with van der Waals surface area (Å²) in [6.45, 7) is 4.91. The molecule has 0 heterocycles. The van der Waals surface area contributed by atoms with Crippen LogP contribution in [-0.4, -0.2) is 47.4 Å². The number of amides is 1. The van der Waals surface area contributed by atoms with Gasteiger partial charge in [0.25, 0.3) is 0 Å². The van der Waals surface area contributed by atoms with Crippen molar-refractivity contribution in [2.24, 2.45) is 0 Å². The predicted molar refractivity (Wildman–Crippen MR) is 356 cm³/mol. The smallest absolute Gasteiger partial charge is 0.305 e. The number of allylic oxidation sites excluding steroid dienone is 7. The molecule has 0 aromatic heterocycles. The topological polar surface area (TPSA) is 95.9 Å². The van der Waals surface area contributed by atoms with Gasteiger partial charge in [0.15, 0.2) is 0 Å². The SMILES string of the molecule is CCCCCC/C=C\C/C=C\CCCCCCCC(=O)OCCCCCCCCCCCCCC/C=C\CCCCCCCCCCCCC(=O)NC(CO)C(O)/C=C/CCCCCCCCCCCCCCCCCCCCCC. The van der Waals surface area contributed by atoms with Crippen molar-refractivity contribution in [1.29, 1.82) is 0 Å². The number of unbranched alkanes of at least 4 members (excludes halogenated alkanes) is 51. The normalized spacial score (nSPS) is 12.8. The maximum absolute atomic E-state index is 12.5. The Morgan fingerprint density at radius 3 is 0.963 bits per heavy atom. The Labute approximate surface area is 506 Å². The van der Waals surface area contributed by atoms with Crippen LogP contribution in [0.25, 0.3) is 0 Å². The van der Waals surface area contributed by atoms with Gasteiger partial charge in [-0.25, -0.2) is 0 Å². The summed E-state index contributed by atoms with van der Waals surface area (Å²) in [7, 11) is 0. The highest BCUT2D eigenvalue weighted by molar-refractivity contribution is 5.76.